The van der Waals surface area contributed by atoms with Crippen molar-refractivity contribution >= 4 is 17.3 Å². The van der Waals surface area contributed by atoms with E-state index in [-0.39, 0.29) is 10.6 Å². The predicted octanol–water partition coefficient (Wildman–Crippen LogP) is 2.75. The van der Waals surface area contributed by atoms with Crippen molar-refractivity contribution in [2.75, 3.05) is 6.54 Å². The molecule has 0 bridgehead atoms. The molecule has 0 aliphatic carbocycles. The van der Waals surface area contributed by atoms with Crippen molar-refractivity contribution in [1.29, 1.82) is 0 Å². The first kappa shape index (κ1) is 12.7. The van der Waals surface area contributed by atoms with Crippen LogP contribution in [-0.2, 0) is 6.54 Å². The topological polar surface area (TPSA) is 55.2 Å². The molecule has 0 atom stereocenters. The lowest BCUT2D eigenvalue weighted by Crippen LogP contribution is -2.14. The molecule has 1 aromatic carbocycles. The first-order chi connectivity index (χ1) is 7.66. The van der Waals surface area contributed by atoms with Crippen LogP contribution in [0, 0.1) is 17.0 Å². The maximum atomic E-state index is 10.7. The minimum atomic E-state index is -0.364. The summed E-state index contributed by atoms with van der Waals surface area (Å²) in [5, 5.41) is 13.8. The first-order valence-electron chi connectivity index (χ1n) is 4.85. The van der Waals surface area contributed by atoms with E-state index in [2.05, 4.69) is 5.32 Å². The van der Waals surface area contributed by atoms with Crippen LogP contribution in [0.2, 0.25) is 0 Å². The zero-order valence-corrected chi connectivity index (χ0v) is 9.70. The Morgan fingerprint density at radius 2 is 2.31 bits per heavy atom. The Morgan fingerprint density at radius 3 is 2.94 bits per heavy atom. The van der Waals surface area contributed by atoms with Gasteiger partial charge in [0.1, 0.15) is 0 Å². The second-order valence-corrected chi connectivity index (χ2v) is 3.56. The zero-order valence-electron chi connectivity index (χ0n) is 8.94. The third kappa shape index (κ3) is 3.32. The number of benzene rings is 1. The van der Waals surface area contributed by atoms with Crippen LogP contribution >= 0.6 is 11.6 Å². The van der Waals surface area contributed by atoms with Gasteiger partial charge in [-0.1, -0.05) is 29.8 Å². The molecular formula is C11H13ClN2O2. The number of nitrogens with one attached hydrogen (secondary N) is 1. The fourth-order valence-corrected chi connectivity index (χ4v) is 1.48. The van der Waals surface area contributed by atoms with Crippen molar-refractivity contribution in [1.82, 2.24) is 5.32 Å². The molecule has 1 rings (SSSR count). The average Bonchev–Trinajstić information content (AvgIpc) is 2.26. The predicted molar refractivity (Wildman–Crippen MR) is 64.5 cm³/mol. The average molecular weight is 241 g/mol. The van der Waals surface area contributed by atoms with Crippen molar-refractivity contribution in [2.24, 2.45) is 0 Å². The monoisotopic (exact) mass is 240 g/mol. The van der Waals surface area contributed by atoms with Crippen LogP contribution in [0.5, 0.6) is 0 Å². The summed E-state index contributed by atoms with van der Waals surface area (Å²) >= 11 is 5.37. The van der Waals surface area contributed by atoms with E-state index < -0.39 is 0 Å². The third-order valence-electron chi connectivity index (χ3n) is 2.28. The number of rotatable bonds is 5. The lowest BCUT2D eigenvalue weighted by Gasteiger charge is -2.06. The molecule has 5 heteroatoms. The van der Waals surface area contributed by atoms with E-state index in [0.29, 0.717) is 18.7 Å². The third-order valence-corrected chi connectivity index (χ3v) is 2.46. The smallest absolute Gasteiger partial charge is 0.272 e. The van der Waals surface area contributed by atoms with Gasteiger partial charge >= 0.3 is 0 Å². The lowest BCUT2D eigenvalue weighted by molar-refractivity contribution is -0.385. The van der Waals surface area contributed by atoms with Gasteiger partial charge < -0.3 is 5.32 Å². The van der Waals surface area contributed by atoms with E-state index >= 15 is 0 Å². The molecule has 86 valence electrons. The number of nitro groups is 1. The Morgan fingerprint density at radius 1 is 1.56 bits per heavy atom. The summed E-state index contributed by atoms with van der Waals surface area (Å²) in [5.74, 6) is 0. The van der Waals surface area contributed by atoms with Crippen molar-refractivity contribution in [3.63, 3.8) is 0 Å². The molecule has 0 spiro atoms. The van der Waals surface area contributed by atoms with E-state index in [1.165, 1.54) is 11.6 Å². The van der Waals surface area contributed by atoms with Crippen LogP contribution in [0.4, 0.5) is 5.69 Å². The Balaban J connectivity index is 2.73. The maximum Gasteiger partial charge on any atom is 0.272 e. The maximum absolute atomic E-state index is 10.7. The standard InChI is InChI=1S/C11H13ClN2O2/c1-9-10(8-13-7-3-6-12)4-2-5-11(9)14(15)16/h2-6,13H,7-8H2,1H3/b6-3+. The van der Waals surface area contributed by atoms with E-state index in [0.717, 1.165) is 5.56 Å². The molecule has 0 saturated carbocycles. The highest BCUT2D eigenvalue weighted by molar-refractivity contribution is 6.25. The number of halogens is 1. The molecule has 1 aromatic rings. The van der Waals surface area contributed by atoms with Crippen molar-refractivity contribution in [3.05, 3.63) is 51.1 Å². The van der Waals surface area contributed by atoms with Crippen molar-refractivity contribution in [2.45, 2.75) is 13.5 Å². The van der Waals surface area contributed by atoms with Gasteiger partial charge in [0.2, 0.25) is 0 Å². The SMILES string of the molecule is Cc1c(CNC/C=C/Cl)cccc1[N+](=O)[O-]. The highest BCUT2D eigenvalue weighted by Gasteiger charge is 2.12. The fourth-order valence-electron chi connectivity index (χ4n) is 1.39. The number of hydrogen-bond donors (Lipinski definition) is 1. The Bertz CT molecular complexity index is 405. The second-order valence-electron chi connectivity index (χ2n) is 3.31. The van der Waals surface area contributed by atoms with Crippen LogP contribution < -0.4 is 5.32 Å². The van der Waals surface area contributed by atoms with Crippen LogP contribution in [0.3, 0.4) is 0 Å². The van der Waals surface area contributed by atoms with E-state index in [4.69, 9.17) is 11.6 Å². The Labute approximate surface area is 99.1 Å². The molecule has 0 unspecified atom stereocenters. The summed E-state index contributed by atoms with van der Waals surface area (Å²) in [5.41, 5.74) is 3.23. The highest BCUT2D eigenvalue weighted by atomic mass is 35.5. The number of nitro benzene ring substituents is 1. The van der Waals surface area contributed by atoms with E-state index in [9.17, 15) is 10.1 Å². The molecule has 0 aromatic heterocycles. The molecule has 0 fully saturated rings. The summed E-state index contributed by atoms with van der Waals surface area (Å²) in [6.07, 6.45) is 1.77. The Kier molecular flexibility index (Phi) is 4.95. The summed E-state index contributed by atoms with van der Waals surface area (Å²) in [6, 6.07) is 5.08. The van der Waals surface area contributed by atoms with Gasteiger partial charge in [-0.15, -0.1) is 0 Å². The van der Waals surface area contributed by atoms with Gasteiger partial charge in [-0.3, -0.25) is 10.1 Å². The minimum absolute atomic E-state index is 0.159. The molecule has 0 aliphatic rings. The summed E-state index contributed by atoms with van der Waals surface area (Å²) in [7, 11) is 0. The van der Waals surface area contributed by atoms with Crippen LogP contribution in [0.15, 0.2) is 29.8 Å². The largest absolute Gasteiger partial charge is 0.309 e. The zero-order chi connectivity index (χ0) is 12.0. The molecule has 0 amide bonds. The molecule has 16 heavy (non-hydrogen) atoms. The fraction of sp³-hybridized carbons (Fsp3) is 0.273. The first-order valence-corrected chi connectivity index (χ1v) is 5.29. The van der Waals surface area contributed by atoms with Gasteiger partial charge in [-0.05, 0) is 12.5 Å². The lowest BCUT2D eigenvalue weighted by atomic mass is 10.1. The highest BCUT2D eigenvalue weighted by Crippen LogP contribution is 2.20. The van der Waals surface area contributed by atoms with Crippen LogP contribution in [0.25, 0.3) is 0 Å². The van der Waals surface area contributed by atoms with Crippen LogP contribution in [-0.4, -0.2) is 11.5 Å². The minimum Gasteiger partial charge on any atom is -0.309 e. The number of nitrogens with zero attached hydrogens (tertiary/aromatic N) is 1. The van der Waals surface area contributed by atoms with E-state index in [1.54, 1.807) is 19.1 Å². The molecule has 0 saturated heterocycles. The molecule has 0 heterocycles. The summed E-state index contributed by atoms with van der Waals surface area (Å²) in [4.78, 5) is 10.3. The van der Waals surface area contributed by atoms with Gasteiger partial charge in [0.05, 0.1) is 4.92 Å². The van der Waals surface area contributed by atoms with Crippen molar-refractivity contribution < 1.29 is 4.92 Å². The van der Waals surface area contributed by atoms with Gasteiger partial charge in [0, 0.05) is 30.3 Å². The summed E-state index contributed by atoms with van der Waals surface area (Å²) < 4.78 is 0. The van der Waals surface area contributed by atoms with E-state index in [1.807, 2.05) is 6.07 Å². The Hall–Kier alpha value is -1.39. The van der Waals surface area contributed by atoms with Crippen molar-refractivity contribution in [3.8, 4) is 0 Å². The molecular weight excluding hydrogens is 228 g/mol. The van der Waals surface area contributed by atoms with Gasteiger partial charge in [-0.25, -0.2) is 0 Å². The second kappa shape index (κ2) is 6.25. The number of hydrogen-bond acceptors (Lipinski definition) is 3. The quantitative estimate of drug-likeness (QED) is 0.489. The normalized spacial score (nSPS) is 10.9. The molecule has 1 N–H and O–H groups in total. The van der Waals surface area contributed by atoms with Gasteiger partial charge in [-0.2, -0.15) is 0 Å². The van der Waals surface area contributed by atoms with Crippen LogP contribution in [0.1, 0.15) is 11.1 Å². The van der Waals surface area contributed by atoms with Gasteiger partial charge in [0.25, 0.3) is 5.69 Å². The summed E-state index contributed by atoms with van der Waals surface area (Å²) in [6.45, 7) is 2.99. The molecule has 4 nitrogen and oxygen atoms in total. The van der Waals surface area contributed by atoms with Gasteiger partial charge in [0.15, 0.2) is 0 Å². The molecule has 0 aliphatic heterocycles. The molecule has 0 radical (unpaired) electrons.